The number of halogens is 6. The molecule has 0 radical (unpaired) electrons. The van der Waals surface area contributed by atoms with Gasteiger partial charge in [0.05, 0.1) is 11.4 Å². The van der Waals surface area contributed by atoms with E-state index in [0.29, 0.717) is 0 Å². The van der Waals surface area contributed by atoms with Crippen LogP contribution in [-0.4, -0.2) is 9.97 Å². The molecule has 8 heteroatoms. The normalized spacial score (nSPS) is 12.1. The van der Waals surface area contributed by atoms with Crippen LogP contribution in [0.15, 0.2) is 85.2 Å². The second-order valence-electron chi connectivity index (χ2n) is 7.01. The zero-order valence-corrected chi connectivity index (χ0v) is 25.8. The van der Waals surface area contributed by atoms with E-state index >= 15 is 0 Å². The number of benzene rings is 2. The summed E-state index contributed by atoms with van der Waals surface area (Å²) in [7, 11) is 0. The second-order valence-corrected chi connectivity index (χ2v) is 20.5. The fraction of sp³-hybridized carbons (Fsp3) is 0.0833. The van der Waals surface area contributed by atoms with Gasteiger partial charge in [0.2, 0.25) is 0 Å². The number of rotatable bonds is 3. The lowest BCUT2D eigenvalue weighted by Gasteiger charge is -2.13. The Balaban J connectivity index is 1.64. The van der Waals surface area contributed by atoms with E-state index in [0.717, 1.165) is 44.8 Å². The van der Waals surface area contributed by atoms with E-state index in [-0.39, 0.29) is 0 Å². The molecular formula is C24H14Br6N2. The van der Waals surface area contributed by atoms with Crippen LogP contribution in [0, 0.1) is 0 Å². The van der Waals surface area contributed by atoms with Crippen LogP contribution in [0.4, 0.5) is 0 Å². The third-order valence-electron chi connectivity index (χ3n) is 4.87. The Labute approximate surface area is 237 Å². The molecule has 2 aromatic heterocycles. The van der Waals surface area contributed by atoms with Crippen LogP contribution >= 0.6 is 95.6 Å². The molecule has 162 valence electrons. The molecule has 0 saturated carbocycles. The first-order valence-corrected chi connectivity index (χ1v) is 14.1. The van der Waals surface area contributed by atoms with Gasteiger partial charge in [-0.1, -0.05) is 144 Å². The van der Waals surface area contributed by atoms with Gasteiger partial charge in [-0.25, -0.2) is 0 Å². The van der Waals surface area contributed by atoms with Gasteiger partial charge < -0.3 is 0 Å². The van der Waals surface area contributed by atoms with Gasteiger partial charge in [0.1, 0.15) is 0 Å². The van der Waals surface area contributed by atoms with Gasteiger partial charge in [0, 0.05) is 12.4 Å². The van der Waals surface area contributed by atoms with Crippen LogP contribution in [0.2, 0.25) is 0 Å². The quantitative estimate of drug-likeness (QED) is 0.193. The largest absolute Gasteiger partial charge is 0.255 e. The van der Waals surface area contributed by atoms with Crippen molar-refractivity contribution in [3.05, 3.63) is 96.3 Å². The molecule has 0 N–H and O–H groups in total. The van der Waals surface area contributed by atoms with Gasteiger partial charge in [-0.2, -0.15) is 0 Å². The van der Waals surface area contributed by atoms with Gasteiger partial charge in [-0.3, -0.25) is 9.97 Å². The fourth-order valence-corrected chi connectivity index (χ4v) is 4.79. The monoisotopic (exact) mass is 804 g/mol. The summed E-state index contributed by atoms with van der Waals surface area (Å²) in [5.74, 6) is 0. The highest BCUT2D eigenvalue weighted by Gasteiger charge is 2.21. The Morgan fingerprint density at radius 2 is 0.781 bits per heavy atom. The summed E-state index contributed by atoms with van der Waals surface area (Å²) < 4.78 is -0.840. The SMILES string of the molecule is BrC(Br)(Br)c1ccc(-c2ccnc(-c3cc(-c4ccc(C(Br)(Br)Br)cc4)ccn3)c2)cc1. The first-order valence-electron chi connectivity index (χ1n) is 9.39. The summed E-state index contributed by atoms with van der Waals surface area (Å²) in [5.41, 5.74) is 8.23. The molecule has 0 fully saturated rings. The summed E-state index contributed by atoms with van der Waals surface area (Å²) in [6.45, 7) is 0. The number of hydrogen-bond donors (Lipinski definition) is 0. The van der Waals surface area contributed by atoms with Crippen molar-refractivity contribution in [1.29, 1.82) is 0 Å². The molecule has 0 amide bonds. The minimum absolute atomic E-state index is 0.420. The maximum atomic E-state index is 4.57. The van der Waals surface area contributed by atoms with Crippen molar-refractivity contribution in [1.82, 2.24) is 9.97 Å². The molecule has 2 heterocycles. The first kappa shape index (κ1) is 24.7. The zero-order chi connectivity index (χ0) is 22.9. The molecule has 0 spiro atoms. The number of aromatic nitrogens is 2. The molecular weight excluding hydrogens is 796 g/mol. The van der Waals surface area contributed by atoms with Crippen molar-refractivity contribution >= 4 is 95.6 Å². The Bertz CT molecular complexity index is 1130. The molecule has 0 aliphatic heterocycles. The number of hydrogen-bond acceptors (Lipinski definition) is 2. The number of nitrogens with zero attached hydrogens (tertiary/aromatic N) is 2. The molecule has 4 rings (SSSR count). The molecule has 0 aliphatic carbocycles. The molecule has 0 aliphatic rings. The van der Waals surface area contributed by atoms with Crippen molar-refractivity contribution in [3.63, 3.8) is 0 Å². The zero-order valence-electron chi connectivity index (χ0n) is 16.2. The minimum Gasteiger partial charge on any atom is -0.255 e. The summed E-state index contributed by atoms with van der Waals surface area (Å²) in [4.78, 5) is 9.14. The van der Waals surface area contributed by atoms with Crippen molar-refractivity contribution in [2.45, 2.75) is 4.29 Å². The molecule has 2 nitrogen and oxygen atoms in total. The maximum absolute atomic E-state index is 4.57. The van der Waals surface area contributed by atoms with Crippen molar-refractivity contribution in [2.75, 3.05) is 0 Å². The molecule has 4 aromatic rings. The molecule has 32 heavy (non-hydrogen) atoms. The number of alkyl halides is 6. The average molecular weight is 810 g/mol. The van der Waals surface area contributed by atoms with Gasteiger partial charge in [-0.05, 0) is 57.6 Å². The van der Waals surface area contributed by atoms with E-state index in [9.17, 15) is 0 Å². The fourth-order valence-electron chi connectivity index (χ4n) is 3.20. The summed E-state index contributed by atoms with van der Waals surface area (Å²) in [6.07, 6.45) is 3.65. The second kappa shape index (κ2) is 10.1. The van der Waals surface area contributed by atoms with Crippen molar-refractivity contribution in [3.8, 4) is 33.6 Å². The average Bonchev–Trinajstić information content (AvgIpc) is 2.78. The van der Waals surface area contributed by atoms with Crippen LogP contribution in [0.5, 0.6) is 0 Å². The Hall–Kier alpha value is -0.380. The van der Waals surface area contributed by atoms with E-state index in [1.54, 1.807) is 0 Å². The van der Waals surface area contributed by atoms with E-state index in [1.807, 2.05) is 24.5 Å². The van der Waals surface area contributed by atoms with Gasteiger partial charge in [0.15, 0.2) is 4.29 Å². The van der Waals surface area contributed by atoms with E-state index in [4.69, 9.17) is 0 Å². The highest BCUT2D eigenvalue weighted by atomic mass is 80.0. The third-order valence-corrected chi connectivity index (χ3v) is 7.62. The Kier molecular flexibility index (Phi) is 7.79. The van der Waals surface area contributed by atoms with Crippen LogP contribution in [-0.2, 0) is 4.29 Å². The van der Waals surface area contributed by atoms with Crippen LogP contribution in [0.25, 0.3) is 33.6 Å². The van der Waals surface area contributed by atoms with Crippen molar-refractivity contribution < 1.29 is 0 Å². The standard InChI is InChI=1S/C24H14Br6N2/c25-23(26,27)19-5-1-15(2-6-19)17-9-11-31-21(13-17)22-14-18(10-12-32-22)16-3-7-20(8-4-16)24(28,29)30/h1-14H. The summed E-state index contributed by atoms with van der Waals surface area (Å²) in [5, 5.41) is 0. The molecule has 0 bridgehead atoms. The smallest absolute Gasteiger partial charge is 0.159 e. The predicted molar refractivity (Wildman–Crippen MR) is 155 cm³/mol. The third kappa shape index (κ3) is 5.99. The lowest BCUT2D eigenvalue weighted by Crippen LogP contribution is -1.97. The molecule has 0 unspecified atom stereocenters. The number of pyridine rings is 2. The molecule has 0 atom stereocenters. The van der Waals surface area contributed by atoms with E-state index < -0.39 is 4.29 Å². The van der Waals surface area contributed by atoms with Crippen molar-refractivity contribution in [2.24, 2.45) is 0 Å². The van der Waals surface area contributed by atoms with Crippen LogP contribution in [0.3, 0.4) is 0 Å². The molecule has 2 aromatic carbocycles. The van der Waals surface area contributed by atoms with E-state index in [2.05, 4.69) is 166 Å². The maximum Gasteiger partial charge on any atom is 0.159 e. The van der Waals surface area contributed by atoms with Gasteiger partial charge >= 0.3 is 0 Å². The first-order chi connectivity index (χ1) is 15.1. The Morgan fingerprint density at radius 1 is 0.438 bits per heavy atom. The highest BCUT2D eigenvalue weighted by molar-refractivity contribution is 9.39. The molecule has 0 saturated heterocycles. The van der Waals surface area contributed by atoms with Gasteiger partial charge in [0.25, 0.3) is 0 Å². The summed E-state index contributed by atoms with van der Waals surface area (Å²) >= 11 is 21.3. The lowest BCUT2D eigenvalue weighted by atomic mass is 10.0. The Morgan fingerprint density at radius 3 is 1.09 bits per heavy atom. The predicted octanol–water partition coefficient (Wildman–Crippen LogP) is 10.1. The summed E-state index contributed by atoms with van der Waals surface area (Å²) in [6, 6.07) is 24.8. The topological polar surface area (TPSA) is 25.8 Å². The lowest BCUT2D eigenvalue weighted by molar-refractivity contribution is 1.25. The van der Waals surface area contributed by atoms with E-state index in [1.165, 1.54) is 0 Å². The van der Waals surface area contributed by atoms with Crippen LogP contribution in [0.1, 0.15) is 11.1 Å². The van der Waals surface area contributed by atoms with Crippen LogP contribution < -0.4 is 0 Å². The minimum atomic E-state index is -0.420. The highest BCUT2D eigenvalue weighted by Crippen LogP contribution is 2.45. The van der Waals surface area contributed by atoms with Gasteiger partial charge in [-0.15, -0.1) is 0 Å².